The zero-order chi connectivity index (χ0) is 24.6. The Kier molecular flexibility index (Phi) is 6.44. The van der Waals surface area contributed by atoms with Crippen molar-refractivity contribution in [1.29, 1.82) is 0 Å². The third-order valence-corrected chi connectivity index (χ3v) is 5.97. The summed E-state index contributed by atoms with van der Waals surface area (Å²) in [6, 6.07) is 6.06. The van der Waals surface area contributed by atoms with Crippen molar-refractivity contribution in [3.8, 4) is 28.7 Å². The average molecular weight is 456 g/mol. The molecule has 1 aromatic carbocycles. The van der Waals surface area contributed by atoms with Crippen LogP contribution in [-0.4, -0.2) is 40.7 Å². The lowest BCUT2D eigenvalue weighted by Crippen LogP contribution is -2.31. The molecule has 0 aliphatic rings. The number of aromatic nitrogens is 2. The van der Waals surface area contributed by atoms with Crippen LogP contribution in [0.3, 0.4) is 0 Å². The Labute approximate surface area is 191 Å². The number of aromatic hydroxyl groups is 2. The lowest BCUT2D eigenvalue weighted by molar-refractivity contribution is 0.323. The molecule has 0 bridgehead atoms. The lowest BCUT2D eigenvalue weighted by Gasteiger charge is -2.23. The maximum Gasteiger partial charge on any atom is 0.258 e. The van der Waals surface area contributed by atoms with Crippen molar-refractivity contribution in [2.45, 2.75) is 19.8 Å². The molecule has 0 aliphatic carbocycles. The van der Waals surface area contributed by atoms with E-state index in [1.54, 1.807) is 40.1 Å². The number of aryl methyl sites for hydroxylation is 2. The summed E-state index contributed by atoms with van der Waals surface area (Å²) >= 11 is 0. The van der Waals surface area contributed by atoms with Crippen molar-refractivity contribution < 1.29 is 24.4 Å². The summed E-state index contributed by atoms with van der Waals surface area (Å²) in [7, 11) is 7.49. The van der Waals surface area contributed by atoms with Gasteiger partial charge in [-0.25, -0.2) is 0 Å². The standard InChI is InChI=1S/C24H28N2O7/c1-12-8-15(27)20(23(29)25(12)3)19(21-16(28)9-13(2)26(4)24(21)30)14-10-17(31-5)22(33-7)18(11-14)32-6/h8-11,19,27-28H,1-7H3. The minimum Gasteiger partial charge on any atom is -0.507 e. The van der Waals surface area contributed by atoms with Crippen LogP contribution in [0.4, 0.5) is 0 Å². The number of ether oxygens (including phenoxy) is 3. The molecule has 0 spiro atoms. The predicted octanol–water partition coefficient (Wildman–Crippen LogP) is 2.32. The summed E-state index contributed by atoms with van der Waals surface area (Å²) in [6.07, 6.45) is 0. The molecule has 0 fully saturated rings. The second-order valence-corrected chi connectivity index (χ2v) is 7.79. The minimum atomic E-state index is -1.13. The number of hydrogen-bond donors (Lipinski definition) is 2. The first-order chi connectivity index (χ1) is 15.6. The summed E-state index contributed by atoms with van der Waals surface area (Å²) < 4.78 is 19.0. The van der Waals surface area contributed by atoms with Gasteiger partial charge in [0.05, 0.1) is 38.4 Å². The number of rotatable bonds is 6. The fourth-order valence-corrected chi connectivity index (χ4v) is 3.93. The van der Waals surface area contributed by atoms with Gasteiger partial charge < -0.3 is 33.6 Å². The van der Waals surface area contributed by atoms with Gasteiger partial charge in [0.25, 0.3) is 11.1 Å². The molecule has 0 saturated carbocycles. The molecule has 2 aromatic heterocycles. The molecule has 0 atom stereocenters. The van der Waals surface area contributed by atoms with Crippen molar-refractivity contribution in [2.75, 3.05) is 21.3 Å². The van der Waals surface area contributed by atoms with Gasteiger partial charge >= 0.3 is 0 Å². The number of benzene rings is 1. The predicted molar refractivity (Wildman–Crippen MR) is 123 cm³/mol. The summed E-state index contributed by atoms with van der Waals surface area (Å²) in [5, 5.41) is 21.7. The number of pyridine rings is 2. The zero-order valence-electron chi connectivity index (χ0n) is 19.7. The van der Waals surface area contributed by atoms with E-state index in [0.29, 0.717) is 34.2 Å². The van der Waals surface area contributed by atoms with Crippen LogP contribution >= 0.6 is 0 Å². The smallest absolute Gasteiger partial charge is 0.258 e. The fraction of sp³-hybridized carbons (Fsp3) is 0.333. The van der Waals surface area contributed by atoms with Gasteiger partial charge in [0, 0.05) is 25.5 Å². The van der Waals surface area contributed by atoms with E-state index >= 15 is 0 Å². The molecule has 176 valence electrons. The first-order valence-corrected chi connectivity index (χ1v) is 10.2. The van der Waals surface area contributed by atoms with Crippen LogP contribution < -0.4 is 25.3 Å². The molecule has 3 rings (SSSR count). The highest BCUT2D eigenvalue weighted by atomic mass is 16.5. The quantitative estimate of drug-likeness (QED) is 0.585. The molecule has 9 nitrogen and oxygen atoms in total. The third-order valence-electron chi connectivity index (χ3n) is 5.97. The van der Waals surface area contributed by atoms with Crippen LogP contribution in [0, 0.1) is 13.8 Å². The van der Waals surface area contributed by atoms with E-state index in [0.717, 1.165) is 0 Å². The molecule has 0 saturated heterocycles. The number of nitrogens with zero attached hydrogens (tertiary/aromatic N) is 2. The van der Waals surface area contributed by atoms with E-state index in [2.05, 4.69) is 0 Å². The molecule has 0 aliphatic heterocycles. The molecule has 0 amide bonds. The SMILES string of the molecule is COc1cc(C(c2c(O)cc(C)n(C)c2=O)c2c(O)cc(C)n(C)c2=O)cc(OC)c1OC. The van der Waals surface area contributed by atoms with Crippen molar-refractivity contribution in [1.82, 2.24) is 9.13 Å². The summed E-state index contributed by atoms with van der Waals surface area (Å²) in [5.74, 6) is -0.804. The normalized spacial score (nSPS) is 11.0. The van der Waals surface area contributed by atoms with Crippen LogP contribution in [0.1, 0.15) is 34.0 Å². The Morgan fingerprint density at radius 2 is 1.12 bits per heavy atom. The molecule has 9 heteroatoms. The van der Waals surface area contributed by atoms with Gasteiger partial charge in [0.1, 0.15) is 11.5 Å². The van der Waals surface area contributed by atoms with E-state index in [1.165, 1.54) is 42.6 Å². The molecule has 0 unspecified atom stereocenters. The van der Waals surface area contributed by atoms with Gasteiger partial charge in [0.2, 0.25) is 5.75 Å². The van der Waals surface area contributed by atoms with Gasteiger partial charge in [-0.2, -0.15) is 0 Å². The molecule has 33 heavy (non-hydrogen) atoms. The van der Waals surface area contributed by atoms with Crippen LogP contribution in [0.2, 0.25) is 0 Å². The van der Waals surface area contributed by atoms with Crippen molar-refractivity contribution in [3.05, 3.63) is 73.1 Å². The Balaban J connectivity index is 2.53. The van der Waals surface area contributed by atoms with Crippen LogP contribution in [0.15, 0.2) is 33.9 Å². The van der Waals surface area contributed by atoms with Gasteiger partial charge in [-0.05, 0) is 43.7 Å². The Bertz CT molecular complexity index is 1240. The Morgan fingerprint density at radius 1 is 0.727 bits per heavy atom. The van der Waals surface area contributed by atoms with Crippen LogP contribution in [-0.2, 0) is 14.1 Å². The lowest BCUT2D eigenvalue weighted by atomic mass is 9.84. The first-order valence-electron chi connectivity index (χ1n) is 10.2. The van der Waals surface area contributed by atoms with Gasteiger partial charge in [0.15, 0.2) is 11.5 Å². The summed E-state index contributed by atoms with van der Waals surface area (Å²) in [6.45, 7) is 3.36. The van der Waals surface area contributed by atoms with E-state index < -0.39 is 17.0 Å². The molecule has 2 N–H and O–H groups in total. The maximum atomic E-state index is 13.3. The number of hydrogen-bond acceptors (Lipinski definition) is 7. The highest BCUT2D eigenvalue weighted by molar-refractivity contribution is 5.59. The average Bonchev–Trinajstić information content (AvgIpc) is 2.79. The second-order valence-electron chi connectivity index (χ2n) is 7.79. The highest BCUT2D eigenvalue weighted by Crippen LogP contribution is 2.44. The topological polar surface area (TPSA) is 112 Å². The number of methoxy groups -OCH3 is 3. The Hall–Kier alpha value is -3.88. The molecule has 3 aromatic rings. The molecular weight excluding hydrogens is 428 g/mol. The van der Waals surface area contributed by atoms with Gasteiger partial charge in [-0.15, -0.1) is 0 Å². The van der Waals surface area contributed by atoms with E-state index in [9.17, 15) is 19.8 Å². The summed E-state index contributed by atoms with van der Waals surface area (Å²) in [4.78, 5) is 26.7. The fourth-order valence-electron chi connectivity index (χ4n) is 3.93. The molecular formula is C24H28N2O7. The molecule has 2 heterocycles. The third kappa shape index (κ3) is 3.90. The molecule has 0 radical (unpaired) electrons. The largest absolute Gasteiger partial charge is 0.507 e. The Morgan fingerprint density at radius 3 is 1.45 bits per heavy atom. The monoisotopic (exact) mass is 456 g/mol. The van der Waals surface area contributed by atoms with Crippen LogP contribution in [0.5, 0.6) is 28.7 Å². The van der Waals surface area contributed by atoms with E-state index in [4.69, 9.17) is 14.2 Å². The van der Waals surface area contributed by atoms with Crippen molar-refractivity contribution in [3.63, 3.8) is 0 Å². The second kappa shape index (κ2) is 8.93. The van der Waals surface area contributed by atoms with Gasteiger partial charge in [-0.3, -0.25) is 9.59 Å². The van der Waals surface area contributed by atoms with Crippen molar-refractivity contribution >= 4 is 0 Å². The summed E-state index contributed by atoms with van der Waals surface area (Å²) in [5.41, 5.74) is 0.317. The first kappa shape index (κ1) is 23.8. The van der Waals surface area contributed by atoms with E-state index in [-0.39, 0.29) is 22.6 Å². The minimum absolute atomic E-state index is 0.0615. The zero-order valence-corrected chi connectivity index (χ0v) is 19.7. The maximum absolute atomic E-state index is 13.3. The van der Waals surface area contributed by atoms with Gasteiger partial charge in [-0.1, -0.05) is 0 Å². The highest BCUT2D eigenvalue weighted by Gasteiger charge is 2.32. The van der Waals surface area contributed by atoms with Crippen molar-refractivity contribution in [2.24, 2.45) is 14.1 Å². The van der Waals surface area contributed by atoms with Crippen LogP contribution in [0.25, 0.3) is 0 Å². The van der Waals surface area contributed by atoms with E-state index in [1.807, 2.05) is 0 Å².